The van der Waals surface area contributed by atoms with Crippen LogP contribution in [0.5, 0.6) is 0 Å². The van der Waals surface area contributed by atoms with Gasteiger partial charge in [-0.2, -0.15) is 13.2 Å². The summed E-state index contributed by atoms with van der Waals surface area (Å²) in [6.45, 7) is -0.139. The molecule has 0 fully saturated rings. The summed E-state index contributed by atoms with van der Waals surface area (Å²) in [5.74, 6) is -3.38. The van der Waals surface area contributed by atoms with Crippen molar-refractivity contribution >= 4 is 22.9 Å². The number of rotatable bonds is 7. The standard InChI is InChI=1S/C29H19F5N4O3/c30-22-9-19(10-23(31)13-22)20-11-24(27(39)35-14-16-4-6-18(7-5-16)28(40)41)26-25(12-20)36-37-38(26)15-17-2-1-3-21(8-17)29(32,33)34/h1-13H,14-15H2,(H,35,39)(H,40,41). The third kappa shape index (κ3) is 6.06. The van der Waals surface area contributed by atoms with E-state index in [0.29, 0.717) is 11.6 Å². The Morgan fingerprint density at radius 2 is 1.54 bits per heavy atom. The number of aromatic nitrogens is 3. The summed E-state index contributed by atoms with van der Waals surface area (Å²) < 4.78 is 69.0. The molecule has 0 saturated carbocycles. The Hall–Kier alpha value is -5.13. The predicted molar refractivity (Wildman–Crippen MR) is 138 cm³/mol. The Bertz CT molecular complexity index is 1760. The fourth-order valence-corrected chi connectivity index (χ4v) is 4.35. The van der Waals surface area contributed by atoms with Gasteiger partial charge in [-0.25, -0.2) is 18.3 Å². The van der Waals surface area contributed by atoms with Gasteiger partial charge in [-0.3, -0.25) is 4.79 Å². The van der Waals surface area contributed by atoms with Crippen LogP contribution in [-0.2, 0) is 19.3 Å². The minimum absolute atomic E-state index is 0.00817. The average molecular weight is 566 g/mol. The van der Waals surface area contributed by atoms with Crippen molar-refractivity contribution in [2.75, 3.05) is 0 Å². The van der Waals surface area contributed by atoms with E-state index in [2.05, 4.69) is 15.6 Å². The van der Waals surface area contributed by atoms with Crippen LogP contribution in [-0.4, -0.2) is 32.0 Å². The van der Waals surface area contributed by atoms with Gasteiger partial charge in [0.2, 0.25) is 0 Å². The van der Waals surface area contributed by atoms with E-state index in [1.165, 1.54) is 53.2 Å². The van der Waals surface area contributed by atoms with Crippen molar-refractivity contribution in [3.8, 4) is 11.1 Å². The Morgan fingerprint density at radius 1 is 0.854 bits per heavy atom. The zero-order valence-corrected chi connectivity index (χ0v) is 20.9. The van der Waals surface area contributed by atoms with E-state index in [9.17, 15) is 31.5 Å². The van der Waals surface area contributed by atoms with Gasteiger partial charge in [-0.15, -0.1) is 5.10 Å². The van der Waals surface area contributed by atoms with Gasteiger partial charge in [-0.05, 0) is 70.8 Å². The Labute approximate surface area is 228 Å². The first-order valence-electron chi connectivity index (χ1n) is 12.1. The molecule has 0 aliphatic carbocycles. The minimum Gasteiger partial charge on any atom is -0.478 e. The number of carboxylic acids is 1. The molecule has 1 amide bonds. The Kier molecular flexibility index (Phi) is 7.22. The van der Waals surface area contributed by atoms with Gasteiger partial charge in [-0.1, -0.05) is 29.5 Å². The number of nitrogens with zero attached hydrogens (tertiary/aromatic N) is 3. The summed E-state index contributed by atoms with van der Waals surface area (Å²) in [6.07, 6.45) is -4.55. The lowest BCUT2D eigenvalue weighted by Gasteiger charge is -2.12. The van der Waals surface area contributed by atoms with E-state index < -0.39 is 35.3 Å². The number of fused-ring (bicyclic) bond motifs is 1. The largest absolute Gasteiger partial charge is 0.478 e. The number of benzene rings is 4. The van der Waals surface area contributed by atoms with Gasteiger partial charge in [0.05, 0.1) is 23.2 Å². The molecule has 1 aromatic heterocycles. The summed E-state index contributed by atoms with van der Waals surface area (Å²) in [6, 6.07) is 16.2. The highest BCUT2D eigenvalue weighted by atomic mass is 19.4. The second-order valence-corrected chi connectivity index (χ2v) is 9.18. The zero-order valence-electron chi connectivity index (χ0n) is 20.9. The number of halogens is 5. The molecule has 5 aromatic rings. The van der Waals surface area contributed by atoms with Crippen LogP contribution in [0.25, 0.3) is 22.2 Å². The third-order valence-electron chi connectivity index (χ3n) is 6.29. The summed E-state index contributed by atoms with van der Waals surface area (Å²) in [5.41, 5.74) is 0.862. The monoisotopic (exact) mass is 566 g/mol. The second kappa shape index (κ2) is 10.8. The molecule has 0 aliphatic heterocycles. The van der Waals surface area contributed by atoms with Gasteiger partial charge in [0.15, 0.2) is 0 Å². The number of carbonyl (C=O) groups is 2. The highest BCUT2D eigenvalue weighted by molar-refractivity contribution is 6.06. The molecule has 1 heterocycles. The maximum absolute atomic E-state index is 14.0. The average Bonchev–Trinajstić information content (AvgIpc) is 3.33. The van der Waals surface area contributed by atoms with Gasteiger partial charge in [0.1, 0.15) is 22.7 Å². The molecule has 4 aromatic carbocycles. The maximum Gasteiger partial charge on any atom is 0.416 e. The molecule has 2 N–H and O–H groups in total. The van der Waals surface area contributed by atoms with Crippen molar-refractivity contribution in [2.45, 2.75) is 19.3 Å². The summed E-state index contributed by atoms with van der Waals surface area (Å²) in [4.78, 5) is 24.5. The van der Waals surface area contributed by atoms with Crippen molar-refractivity contribution < 1.29 is 36.6 Å². The van der Waals surface area contributed by atoms with Gasteiger partial charge >= 0.3 is 12.1 Å². The van der Waals surface area contributed by atoms with E-state index in [1.54, 1.807) is 0 Å². The fraction of sp³-hybridized carbons (Fsp3) is 0.103. The lowest BCUT2D eigenvalue weighted by molar-refractivity contribution is -0.137. The van der Waals surface area contributed by atoms with Crippen LogP contribution in [0, 0.1) is 11.6 Å². The van der Waals surface area contributed by atoms with Crippen molar-refractivity contribution in [3.63, 3.8) is 0 Å². The molecule has 0 unspecified atom stereocenters. The van der Waals surface area contributed by atoms with E-state index in [0.717, 1.165) is 24.3 Å². The highest BCUT2D eigenvalue weighted by Crippen LogP contribution is 2.31. The van der Waals surface area contributed by atoms with Crippen LogP contribution in [0.15, 0.2) is 78.9 Å². The molecule has 7 nitrogen and oxygen atoms in total. The summed E-state index contributed by atoms with van der Waals surface area (Å²) in [7, 11) is 0. The molecule has 0 radical (unpaired) electrons. The lowest BCUT2D eigenvalue weighted by atomic mass is 10.0. The quantitative estimate of drug-likeness (QED) is 0.233. The van der Waals surface area contributed by atoms with Gasteiger partial charge in [0.25, 0.3) is 5.91 Å². The summed E-state index contributed by atoms with van der Waals surface area (Å²) >= 11 is 0. The number of aromatic carboxylic acids is 1. The molecule has 12 heteroatoms. The summed E-state index contributed by atoms with van der Waals surface area (Å²) in [5, 5.41) is 19.9. The van der Waals surface area contributed by atoms with Crippen LogP contribution >= 0.6 is 0 Å². The number of hydrogen-bond acceptors (Lipinski definition) is 4. The van der Waals surface area contributed by atoms with Crippen molar-refractivity contribution in [1.82, 2.24) is 20.3 Å². The Balaban J connectivity index is 1.54. The van der Waals surface area contributed by atoms with Crippen molar-refractivity contribution in [1.29, 1.82) is 0 Å². The number of hydrogen-bond donors (Lipinski definition) is 2. The first kappa shape index (κ1) is 27.4. The van der Waals surface area contributed by atoms with E-state index in [1.807, 2.05) is 0 Å². The predicted octanol–water partition coefficient (Wildman–Crippen LogP) is 6.07. The number of nitrogens with one attached hydrogen (secondary N) is 1. The molecule has 208 valence electrons. The number of carbonyl (C=O) groups excluding carboxylic acids is 1. The maximum atomic E-state index is 14.0. The molecule has 5 rings (SSSR count). The lowest BCUT2D eigenvalue weighted by Crippen LogP contribution is -2.24. The van der Waals surface area contributed by atoms with Gasteiger partial charge in [0, 0.05) is 12.6 Å². The first-order chi connectivity index (χ1) is 19.5. The van der Waals surface area contributed by atoms with Gasteiger partial charge < -0.3 is 10.4 Å². The normalized spacial score (nSPS) is 11.5. The molecule has 0 bridgehead atoms. The van der Waals surface area contributed by atoms with Crippen molar-refractivity contribution in [3.05, 3.63) is 118 Å². The molecule has 0 aliphatic rings. The molecular formula is C29H19F5N4O3. The van der Waals surface area contributed by atoms with E-state index in [-0.39, 0.29) is 51.9 Å². The Morgan fingerprint density at radius 3 is 2.20 bits per heavy atom. The van der Waals surface area contributed by atoms with Crippen LogP contribution in [0.2, 0.25) is 0 Å². The van der Waals surface area contributed by atoms with E-state index >= 15 is 0 Å². The number of amides is 1. The third-order valence-corrected chi connectivity index (χ3v) is 6.29. The molecule has 0 saturated heterocycles. The highest BCUT2D eigenvalue weighted by Gasteiger charge is 2.30. The zero-order chi connectivity index (χ0) is 29.3. The SMILES string of the molecule is O=C(O)c1ccc(CNC(=O)c2cc(-c3cc(F)cc(F)c3)cc3nnn(Cc4cccc(C(F)(F)F)c4)c23)cc1. The first-order valence-corrected chi connectivity index (χ1v) is 12.1. The fourth-order valence-electron chi connectivity index (χ4n) is 4.35. The molecule has 41 heavy (non-hydrogen) atoms. The molecule has 0 atom stereocenters. The number of carboxylic acid groups (broad SMARTS) is 1. The number of alkyl halides is 3. The van der Waals surface area contributed by atoms with Crippen LogP contribution in [0.4, 0.5) is 22.0 Å². The smallest absolute Gasteiger partial charge is 0.416 e. The van der Waals surface area contributed by atoms with Crippen molar-refractivity contribution in [2.24, 2.45) is 0 Å². The van der Waals surface area contributed by atoms with Crippen LogP contribution in [0.3, 0.4) is 0 Å². The van der Waals surface area contributed by atoms with Crippen LogP contribution in [0.1, 0.15) is 37.4 Å². The molecule has 0 spiro atoms. The topological polar surface area (TPSA) is 97.1 Å². The van der Waals surface area contributed by atoms with Crippen LogP contribution < -0.4 is 5.32 Å². The minimum atomic E-state index is -4.55. The van der Waals surface area contributed by atoms with E-state index in [4.69, 9.17) is 5.11 Å². The second-order valence-electron chi connectivity index (χ2n) is 9.18. The molecular weight excluding hydrogens is 547 g/mol.